The molecule has 3 atom stereocenters. The molecule has 0 spiro atoms. The second-order valence-electron chi connectivity index (χ2n) is 5.77. The van der Waals surface area contributed by atoms with Crippen molar-refractivity contribution in [3.05, 3.63) is 34.6 Å². The predicted molar refractivity (Wildman–Crippen MR) is 90.9 cm³/mol. The Labute approximate surface area is 140 Å². The number of hydrogen-bond donors (Lipinski definition) is 1. The molecule has 0 saturated carbocycles. The van der Waals surface area contributed by atoms with Gasteiger partial charge in [-0.15, -0.1) is 0 Å². The molecule has 122 valence electrons. The quantitative estimate of drug-likeness (QED) is 0.889. The number of likely N-dealkylation sites (tertiary alicyclic amines) is 1. The number of benzene rings is 1. The molecule has 1 N–H and O–H groups in total. The number of halogens is 2. The lowest BCUT2D eigenvalue weighted by Gasteiger charge is -2.26. The van der Waals surface area contributed by atoms with Gasteiger partial charge in [-0.1, -0.05) is 17.7 Å². The van der Waals surface area contributed by atoms with Crippen LogP contribution in [0.15, 0.2) is 18.2 Å². The zero-order valence-electron chi connectivity index (χ0n) is 13.1. The van der Waals surface area contributed by atoms with Crippen LogP contribution in [0, 0.1) is 11.7 Å². The molecule has 1 aliphatic heterocycles. The van der Waals surface area contributed by atoms with E-state index in [9.17, 15) is 9.18 Å². The Hall–Kier alpha value is -0.780. The van der Waals surface area contributed by atoms with Crippen LogP contribution in [-0.4, -0.2) is 42.4 Å². The fourth-order valence-electron chi connectivity index (χ4n) is 2.95. The summed E-state index contributed by atoms with van der Waals surface area (Å²) in [6.07, 6.45) is 2.91. The minimum Gasteiger partial charge on any atom is -0.355 e. The van der Waals surface area contributed by atoms with Gasteiger partial charge in [0.1, 0.15) is 5.82 Å². The minimum absolute atomic E-state index is 0.0504. The Bertz CT molecular complexity index is 543. The van der Waals surface area contributed by atoms with Crippen LogP contribution in [0.3, 0.4) is 0 Å². The van der Waals surface area contributed by atoms with Crippen molar-refractivity contribution in [2.45, 2.75) is 24.6 Å². The maximum Gasteiger partial charge on any atom is 0.232 e. The Morgan fingerprint density at radius 3 is 2.95 bits per heavy atom. The van der Waals surface area contributed by atoms with E-state index in [2.05, 4.69) is 10.2 Å². The van der Waals surface area contributed by atoms with Crippen molar-refractivity contribution in [3.63, 3.8) is 0 Å². The van der Waals surface area contributed by atoms with Gasteiger partial charge in [0.15, 0.2) is 0 Å². The lowest BCUT2D eigenvalue weighted by atomic mass is 9.93. The molecule has 0 aliphatic carbocycles. The van der Waals surface area contributed by atoms with E-state index in [0.717, 1.165) is 18.5 Å². The predicted octanol–water partition coefficient (Wildman–Crippen LogP) is 3.34. The smallest absolute Gasteiger partial charge is 0.232 e. The van der Waals surface area contributed by atoms with Crippen LogP contribution in [0.1, 0.15) is 24.9 Å². The van der Waals surface area contributed by atoms with Gasteiger partial charge in [0.25, 0.3) is 0 Å². The number of amides is 1. The van der Waals surface area contributed by atoms with E-state index in [-0.39, 0.29) is 28.1 Å². The molecule has 1 aromatic carbocycles. The van der Waals surface area contributed by atoms with Crippen LogP contribution in [0.5, 0.6) is 0 Å². The van der Waals surface area contributed by atoms with Crippen molar-refractivity contribution in [2.75, 3.05) is 26.4 Å². The number of thioether (sulfide) groups is 1. The molecular weight excluding hydrogens is 323 g/mol. The van der Waals surface area contributed by atoms with Crippen molar-refractivity contribution < 1.29 is 9.18 Å². The summed E-state index contributed by atoms with van der Waals surface area (Å²) < 4.78 is 13.7. The molecule has 0 bridgehead atoms. The lowest BCUT2D eigenvalue weighted by molar-refractivity contribution is -0.120. The van der Waals surface area contributed by atoms with Gasteiger partial charge in [-0.2, -0.15) is 11.8 Å². The maximum absolute atomic E-state index is 13.7. The number of hydrogen-bond acceptors (Lipinski definition) is 3. The van der Waals surface area contributed by atoms with E-state index in [0.29, 0.717) is 6.54 Å². The Morgan fingerprint density at radius 1 is 1.59 bits per heavy atom. The van der Waals surface area contributed by atoms with Gasteiger partial charge in [0.05, 0.1) is 10.3 Å². The lowest BCUT2D eigenvalue weighted by Crippen LogP contribution is -2.36. The van der Waals surface area contributed by atoms with Crippen LogP contribution in [0.2, 0.25) is 5.02 Å². The molecule has 22 heavy (non-hydrogen) atoms. The normalized spacial score (nSPS) is 23.5. The summed E-state index contributed by atoms with van der Waals surface area (Å²) in [4.78, 5) is 14.1. The molecule has 1 aromatic rings. The monoisotopic (exact) mass is 344 g/mol. The number of rotatable bonds is 5. The van der Waals surface area contributed by atoms with Crippen molar-refractivity contribution in [1.82, 2.24) is 10.2 Å². The largest absolute Gasteiger partial charge is 0.355 e. The Morgan fingerprint density at radius 2 is 2.32 bits per heavy atom. The third-order valence-electron chi connectivity index (χ3n) is 4.32. The molecule has 0 aromatic heterocycles. The van der Waals surface area contributed by atoms with Crippen LogP contribution in [-0.2, 0) is 4.79 Å². The van der Waals surface area contributed by atoms with Crippen LogP contribution >= 0.6 is 23.4 Å². The summed E-state index contributed by atoms with van der Waals surface area (Å²) in [6.45, 7) is 3.45. The molecule has 1 fully saturated rings. The highest BCUT2D eigenvalue weighted by molar-refractivity contribution is 7.99. The summed E-state index contributed by atoms with van der Waals surface area (Å²) in [7, 11) is 2.03. The number of carbonyl (C=O) groups is 1. The summed E-state index contributed by atoms with van der Waals surface area (Å²) in [6, 6.07) is 5.09. The SMILES string of the molecule is CSC(C)C(=O)NCC1CCN(C)C1c1ccc(Cl)c(F)c1. The highest BCUT2D eigenvalue weighted by atomic mass is 35.5. The van der Waals surface area contributed by atoms with Gasteiger partial charge in [-0.25, -0.2) is 4.39 Å². The molecular formula is C16H22ClFN2OS. The van der Waals surface area contributed by atoms with E-state index in [1.165, 1.54) is 17.8 Å². The average molecular weight is 345 g/mol. The van der Waals surface area contributed by atoms with Crippen molar-refractivity contribution >= 4 is 29.3 Å². The molecule has 1 aliphatic rings. The van der Waals surface area contributed by atoms with E-state index in [1.807, 2.05) is 26.3 Å². The van der Waals surface area contributed by atoms with E-state index < -0.39 is 5.82 Å². The first-order chi connectivity index (χ1) is 10.4. The summed E-state index contributed by atoms with van der Waals surface area (Å²) in [5, 5.41) is 3.11. The Balaban J connectivity index is 2.07. The van der Waals surface area contributed by atoms with Crippen molar-refractivity contribution in [3.8, 4) is 0 Å². The highest BCUT2D eigenvalue weighted by Gasteiger charge is 2.33. The average Bonchev–Trinajstić information content (AvgIpc) is 2.87. The van der Waals surface area contributed by atoms with Crippen molar-refractivity contribution in [2.24, 2.45) is 5.92 Å². The molecule has 2 rings (SSSR count). The zero-order chi connectivity index (χ0) is 16.3. The van der Waals surface area contributed by atoms with Crippen LogP contribution < -0.4 is 5.32 Å². The van der Waals surface area contributed by atoms with E-state index >= 15 is 0 Å². The summed E-state index contributed by atoms with van der Waals surface area (Å²) in [5.74, 6) is -0.0510. The topological polar surface area (TPSA) is 32.3 Å². The Kier molecular flexibility index (Phi) is 6.12. The molecule has 0 radical (unpaired) electrons. The van der Waals surface area contributed by atoms with Gasteiger partial charge in [-0.3, -0.25) is 9.69 Å². The van der Waals surface area contributed by atoms with Gasteiger partial charge in [-0.05, 0) is 56.8 Å². The van der Waals surface area contributed by atoms with Crippen LogP contribution in [0.4, 0.5) is 4.39 Å². The number of carbonyl (C=O) groups excluding carboxylic acids is 1. The van der Waals surface area contributed by atoms with Gasteiger partial charge in [0.2, 0.25) is 5.91 Å². The number of nitrogens with one attached hydrogen (secondary N) is 1. The molecule has 1 amide bonds. The second-order valence-corrected chi connectivity index (χ2v) is 7.36. The number of nitrogens with zero attached hydrogens (tertiary/aromatic N) is 1. The summed E-state index contributed by atoms with van der Waals surface area (Å²) in [5.41, 5.74) is 0.916. The maximum atomic E-state index is 13.7. The third-order valence-corrected chi connectivity index (χ3v) is 5.55. The van der Waals surface area contributed by atoms with E-state index in [1.54, 1.807) is 6.07 Å². The standard InChI is InChI=1S/C16H22ClFN2OS/c1-10(22-3)16(21)19-9-12-6-7-20(2)15(12)11-4-5-13(17)14(18)8-11/h4-5,8,10,12,15H,6-7,9H2,1-3H3,(H,19,21). The van der Waals surface area contributed by atoms with Crippen molar-refractivity contribution in [1.29, 1.82) is 0 Å². The molecule has 6 heteroatoms. The van der Waals surface area contributed by atoms with Gasteiger partial charge >= 0.3 is 0 Å². The van der Waals surface area contributed by atoms with Gasteiger partial charge in [0, 0.05) is 12.6 Å². The first-order valence-corrected chi connectivity index (χ1v) is 9.06. The summed E-state index contributed by atoms with van der Waals surface area (Å²) >= 11 is 7.30. The molecule has 3 nitrogen and oxygen atoms in total. The highest BCUT2D eigenvalue weighted by Crippen LogP contribution is 2.36. The second kappa shape index (κ2) is 7.66. The first-order valence-electron chi connectivity index (χ1n) is 7.39. The first kappa shape index (κ1) is 17.6. The van der Waals surface area contributed by atoms with Gasteiger partial charge < -0.3 is 5.32 Å². The molecule has 3 unspecified atom stereocenters. The molecule has 1 saturated heterocycles. The van der Waals surface area contributed by atoms with Crippen LogP contribution in [0.25, 0.3) is 0 Å². The molecule has 1 heterocycles. The van der Waals surface area contributed by atoms with E-state index in [4.69, 9.17) is 11.6 Å². The fourth-order valence-corrected chi connectivity index (χ4v) is 3.36. The minimum atomic E-state index is -0.391. The third kappa shape index (κ3) is 3.94. The zero-order valence-corrected chi connectivity index (χ0v) is 14.7. The fraction of sp³-hybridized carbons (Fsp3) is 0.562.